The first-order chi connectivity index (χ1) is 6.88. The normalized spacial score (nSPS) is 21.1. The van der Waals surface area contributed by atoms with E-state index in [-0.39, 0.29) is 0 Å². The Morgan fingerprint density at radius 3 is 2.43 bits per heavy atom. The molecule has 1 fully saturated rings. The molecule has 0 aromatic rings. The zero-order valence-electron chi connectivity index (χ0n) is 9.39. The molecule has 1 aliphatic rings. The molecule has 14 heavy (non-hydrogen) atoms. The molecule has 1 nitrogen and oxygen atoms in total. The van der Waals surface area contributed by atoms with E-state index in [9.17, 15) is 0 Å². The molecule has 0 aromatic heterocycles. The van der Waals surface area contributed by atoms with E-state index in [1.807, 2.05) is 0 Å². The summed E-state index contributed by atoms with van der Waals surface area (Å²) in [6, 6.07) is 0.572. The van der Waals surface area contributed by atoms with Crippen LogP contribution in [-0.2, 0) is 0 Å². The van der Waals surface area contributed by atoms with Crippen LogP contribution in [0, 0.1) is 18.3 Å². The molecule has 1 rings (SSSR count). The van der Waals surface area contributed by atoms with Gasteiger partial charge in [-0.1, -0.05) is 32.6 Å². The van der Waals surface area contributed by atoms with Crippen LogP contribution < -0.4 is 5.32 Å². The van der Waals surface area contributed by atoms with Gasteiger partial charge in [0.05, 0.1) is 0 Å². The van der Waals surface area contributed by atoms with Crippen molar-refractivity contribution in [3.05, 3.63) is 0 Å². The molecule has 80 valence electrons. The van der Waals surface area contributed by atoms with Crippen molar-refractivity contribution in [2.45, 2.75) is 57.9 Å². The summed E-state index contributed by atoms with van der Waals surface area (Å²) in [6.07, 6.45) is 14.7. The van der Waals surface area contributed by atoms with Gasteiger partial charge in [-0.3, -0.25) is 0 Å². The molecule has 1 aliphatic carbocycles. The fraction of sp³-hybridized carbons (Fsp3) is 0.846. The van der Waals surface area contributed by atoms with Crippen LogP contribution in [0.2, 0.25) is 0 Å². The quantitative estimate of drug-likeness (QED) is 0.534. The third kappa shape index (κ3) is 3.72. The third-order valence-electron chi connectivity index (χ3n) is 3.27. The fourth-order valence-electron chi connectivity index (χ4n) is 2.51. The molecule has 0 radical (unpaired) electrons. The maximum atomic E-state index is 5.42. The average Bonchev–Trinajstić information content (AvgIpc) is 2.45. The summed E-state index contributed by atoms with van der Waals surface area (Å²) in [6.45, 7) is 3.21. The van der Waals surface area contributed by atoms with Gasteiger partial charge in [0.2, 0.25) is 0 Å². The number of hydrogen-bond acceptors (Lipinski definition) is 1. The van der Waals surface area contributed by atoms with Crippen molar-refractivity contribution in [3.63, 3.8) is 0 Å². The van der Waals surface area contributed by atoms with Crippen molar-refractivity contribution in [3.8, 4) is 12.3 Å². The van der Waals surface area contributed by atoms with E-state index < -0.39 is 0 Å². The number of rotatable bonds is 4. The smallest absolute Gasteiger partial charge is 0.0243 e. The minimum Gasteiger partial charge on any atom is -0.313 e. The second kappa shape index (κ2) is 6.90. The van der Waals surface area contributed by atoms with E-state index in [0.717, 1.165) is 18.9 Å². The van der Waals surface area contributed by atoms with Crippen LogP contribution in [0.5, 0.6) is 0 Å². The monoisotopic (exact) mass is 193 g/mol. The van der Waals surface area contributed by atoms with Gasteiger partial charge in [0.15, 0.2) is 0 Å². The first-order valence-corrected chi connectivity index (χ1v) is 6.05. The van der Waals surface area contributed by atoms with Crippen LogP contribution in [0.3, 0.4) is 0 Å². The zero-order valence-corrected chi connectivity index (χ0v) is 9.39. The largest absolute Gasteiger partial charge is 0.313 e. The summed E-state index contributed by atoms with van der Waals surface area (Å²) in [5.41, 5.74) is 0. The van der Waals surface area contributed by atoms with E-state index in [1.54, 1.807) is 0 Å². The Morgan fingerprint density at radius 1 is 1.29 bits per heavy atom. The minimum absolute atomic E-state index is 0.572. The van der Waals surface area contributed by atoms with Crippen LogP contribution in [0.15, 0.2) is 0 Å². The van der Waals surface area contributed by atoms with Gasteiger partial charge in [0, 0.05) is 12.5 Å². The highest BCUT2D eigenvalue weighted by Crippen LogP contribution is 2.26. The molecule has 1 atom stereocenters. The highest BCUT2D eigenvalue weighted by molar-refractivity contribution is 4.92. The number of terminal acetylenes is 1. The van der Waals surface area contributed by atoms with Gasteiger partial charge in [-0.25, -0.2) is 0 Å². The summed E-state index contributed by atoms with van der Waals surface area (Å²) in [7, 11) is 0. The lowest BCUT2D eigenvalue weighted by Gasteiger charge is -2.25. The van der Waals surface area contributed by atoms with Gasteiger partial charge in [-0.05, 0) is 25.3 Å². The van der Waals surface area contributed by atoms with Crippen molar-refractivity contribution in [2.24, 2.45) is 5.92 Å². The first-order valence-electron chi connectivity index (χ1n) is 6.05. The van der Waals surface area contributed by atoms with Crippen LogP contribution in [0.4, 0.5) is 0 Å². The van der Waals surface area contributed by atoms with Gasteiger partial charge in [0.25, 0.3) is 0 Å². The van der Waals surface area contributed by atoms with Crippen LogP contribution in [0.1, 0.15) is 51.9 Å². The lowest BCUT2D eigenvalue weighted by atomic mass is 9.90. The van der Waals surface area contributed by atoms with Gasteiger partial charge in [0.1, 0.15) is 0 Å². The van der Waals surface area contributed by atoms with E-state index in [4.69, 9.17) is 6.42 Å². The standard InChI is InChI=1S/C13H23N/c1-3-9-13(14-4-2)12-10-7-5-6-8-11-12/h1,12-14H,4-11H2,2H3. The summed E-state index contributed by atoms with van der Waals surface area (Å²) < 4.78 is 0. The third-order valence-corrected chi connectivity index (χ3v) is 3.27. The molecule has 1 N–H and O–H groups in total. The summed E-state index contributed by atoms with van der Waals surface area (Å²) in [5, 5.41) is 3.54. The second-order valence-corrected chi connectivity index (χ2v) is 4.32. The maximum absolute atomic E-state index is 5.42. The lowest BCUT2D eigenvalue weighted by molar-refractivity contribution is 0.328. The van der Waals surface area contributed by atoms with Crippen LogP contribution in [0.25, 0.3) is 0 Å². The Balaban J connectivity index is 2.43. The Kier molecular flexibility index (Phi) is 5.71. The average molecular weight is 193 g/mol. The fourth-order valence-corrected chi connectivity index (χ4v) is 2.51. The molecule has 0 saturated heterocycles. The summed E-state index contributed by atoms with van der Waals surface area (Å²) >= 11 is 0. The van der Waals surface area contributed by atoms with E-state index in [2.05, 4.69) is 18.2 Å². The maximum Gasteiger partial charge on any atom is 0.0243 e. The predicted molar refractivity (Wildman–Crippen MR) is 62.1 cm³/mol. The second-order valence-electron chi connectivity index (χ2n) is 4.32. The molecule has 0 spiro atoms. The predicted octanol–water partition coefficient (Wildman–Crippen LogP) is 2.96. The van der Waals surface area contributed by atoms with Crippen molar-refractivity contribution >= 4 is 0 Å². The topological polar surface area (TPSA) is 12.0 Å². The van der Waals surface area contributed by atoms with Gasteiger partial charge in [-0.2, -0.15) is 0 Å². The molecular weight excluding hydrogens is 170 g/mol. The van der Waals surface area contributed by atoms with Gasteiger partial charge < -0.3 is 5.32 Å². The van der Waals surface area contributed by atoms with Crippen molar-refractivity contribution in [1.29, 1.82) is 0 Å². The Labute approximate surface area is 88.7 Å². The van der Waals surface area contributed by atoms with Crippen LogP contribution >= 0.6 is 0 Å². The van der Waals surface area contributed by atoms with E-state index >= 15 is 0 Å². The molecule has 0 aliphatic heterocycles. The molecule has 0 aromatic carbocycles. The molecule has 1 saturated carbocycles. The number of nitrogens with one attached hydrogen (secondary N) is 1. The lowest BCUT2D eigenvalue weighted by Crippen LogP contribution is -2.35. The highest BCUT2D eigenvalue weighted by Gasteiger charge is 2.20. The Morgan fingerprint density at radius 2 is 1.93 bits per heavy atom. The SMILES string of the molecule is C#CCC(NCC)C1CCCCCC1. The molecular formula is C13H23N. The minimum atomic E-state index is 0.572. The molecule has 1 unspecified atom stereocenters. The number of hydrogen-bond donors (Lipinski definition) is 1. The zero-order chi connectivity index (χ0) is 10.2. The van der Waals surface area contributed by atoms with Crippen molar-refractivity contribution in [2.75, 3.05) is 6.54 Å². The summed E-state index contributed by atoms with van der Waals surface area (Å²) in [4.78, 5) is 0. The molecule has 0 amide bonds. The Bertz CT molecular complexity index is 172. The summed E-state index contributed by atoms with van der Waals surface area (Å²) in [5.74, 6) is 3.64. The van der Waals surface area contributed by atoms with Gasteiger partial charge >= 0.3 is 0 Å². The molecule has 1 heteroatoms. The highest BCUT2D eigenvalue weighted by atomic mass is 14.9. The van der Waals surface area contributed by atoms with Crippen molar-refractivity contribution in [1.82, 2.24) is 5.32 Å². The first kappa shape index (κ1) is 11.6. The van der Waals surface area contributed by atoms with Gasteiger partial charge in [-0.15, -0.1) is 12.3 Å². The van der Waals surface area contributed by atoms with E-state index in [0.29, 0.717) is 6.04 Å². The van der Waals surface area contributed by atoms with Crippen LogP contribution in [-0.4, -0.2) is 12.6 Å². The Hall–Kier alpha value is -0.480. The van der Waals surface area contributed by atoms with E-state index in [1.165, 1.54) is 38.5 Å². The molecule has 0 bridgehead atoms. The van der Waals surface area contributed by atoms with Crippen molar-refractivity contribution < 1.29 is 0 Å². The molecule has 0 heterocycles.